The molecule has 4 atom stereocenters. The molecule has 0 saturated carbocycles. The Morgan fingerprint density at radius 2 is 0.613 bits per heavy atom. The van der Waals surface area contributed by atoms with Crippen LogP contribution in [0.5, 0.6) is 0 Å². The lowest BCUT2D eigenvalue weighted by atomic mass is 9.66. The van der Waals surface area contributed by atoms with Crippen LogP contribution in [0.2, 0.25) is 0 Å². The van der Waals surface area contributed by atoms with Gasteiger partial charge in [-0.25, -0.2) is 79.0 Å². The minimum Gasteiger partial charge on any atom is -0.287 e. The van der Waals surface area contributed by atoms with Gasteiger partial charge in [0.1, 0.15) is 10.8 Å². The highest BCUT2D eigenvalue weighted by Gasteiger charge is 2.61. The number of alkyl halides is 2. The molecule has 0 aliphatic heterocycles. The zero-order chi connectivity index (χ0) is 54.9. The Balaban J connectivity index is 1.28. The molecule has 2 nitrogen and oxygen atoms in total. The summed E-state index contributed by atoms with van der Waals surface area (Å²) < 4.78 is 287. The molecule has 6 aromatic rings. The molecule has 0 fully saturated rings. The van der Waals surface area contributed by atoms with Crippen molar-refractivity contribution >= 4 is 45.5 Å². The summed E-state index contributed by atoms with van der Waals surface area (Å²) in [6.07, 6.45) is -8.44. The highest BCUT2D eigenvalue weighted by atomic mass is 32.2. The van der Waals surface area contributed by atoms with E-state index in [1.807, 2.05) is 0 Å². The lowest BCUT2D eigenvalue weighted by molar-refractivity contribution is -0.109. The molecule has 23 heteroatoms. The Labute approximate surface area is 423 Å². The fraction of sp³-hybridized carbons (Fsp3) is 0.115. The standard InChI is InChI=1S/C52H24F18O2S3/c1-19(71)73-27-15-7-23(8-16-27)21-3-11-25(12-4-21)51(29-31(53)35(57)39(61)36(58)32(29)54)47(67)41(63)45(42(64)48(51)68)75-46-43(65)49(69)52(50(70)44(46)66,30-33(55)37(59)40(62)38(60)34(30)56)26-13-5-22(6-14-26)24-9-17-28(18-10-24)74-20(2)72/h3-18,47,49H,1-2H3. The van der Waals surface area contributed by atoms with Crippen molar-refractivity contribution < 1.29 is 88.6 Å². The average Bonchev–Trinajstić information content (AvgIpc) is 3.39. The maximum Gasteiger partial charge on any atom is 0.200 e. The van der Waals surface area contributed by atoms with E-state index in [-0.39, 0.29) is 32.5 Å². The first kappa shape index (κ1) is 54.7. The van der Waals surface area contributed by atoms with Gasteiger partial charge >= 0.3 is 0 Å². The van der Waals surface area contributed by atoms with Gasteiger partial charge in [0.15, 0.2) is 104 Å². The molecule has 2 aliphatic rings. The number of halogens is 18. The van der Waals surface area contributed by atoms with Crippen LogP contribution in [-0.4, -0.2) is 22.6 Å². The summed E-state index contributed by atoms with van der Waals surface area (Å²) in [4.78, 5) is 19.2. The Hall–Kier alpha value is -6.59. The first-order chi connectivity index (χ1) is 35.3. The second kappa shape index (κ2) is 20.5. The molecule has 6 aromatic carbocycles. The van der Waals surface area contributed by atoms with E-state index in [4.69, 9.17) is 0 Å². The fourth-order valence-corrected chi connectivity index (χ4v) is 10.9. The van der Waals surface area contributed by atoms with E-state index in [1.54, 1.807) is 0 Å². The summed E-state index contributed by atoms with van der Waals surface area (Å²) >= 11 is 0.405. The summed E-state index contributed by atoms with van der Waals surface area (Å²) in [7, 11) is 0. The van der Waals surface area contributed by atoms with Crippen molar-refractivity contribution in [1.29, 1.82) is 0 Å². The van der Waals surface area contributed by atoms with Gasteiger partial charge in [0.05, 0.1) is 20.9 Å². The number of carbonyl (C=O) groups excluding carboxylic acids is 2. The number of hydrogen-bond donors (Lipinski definition) is 0. The maximum absolute atomic E-state index is 17.2. The van der Waals surface area contributed by atoms with Crippen LogP contribution in [0.3, 0.4) is 0 Å². The quantitative estimate of drug-likeness (QED) is 0.0591. The van der Waals surface area contributed by atoms with E-state index in [0.29, 0.717) is 34.1 Å². The molecular formula is C52H24F18O2S3. The van der Waals surface area contributed by atoms with Crippen molar-refractivity contribution in [3.8, 4) is 22.3 Å². The van der Waals surface area contributed by atoms with E-state index in [0.717, 1.165) is 47.8 Å². The summed E-state index contributed by atoms with van der Waals surface area (Å²) in [5.74, 6) is -46.9. The second-order valence-electron chi connectivity index (χ2n) is 16.3. The Morgan fingerprint density at radius 3 is 0.867 bits per heavy atom. The number of allylic oxidation sites excluding steroid dienone is 6. The number of benzene rings is 6. The molecule has 8 rings (SSSR count). The summed E-state index contributed by atoms with van der Waals surface area (Å²) in [6, 6.07) is 17.3. The normalized spacial score (nSPS) is 20.2. The minimum atomic E-state index is -4.41. The third-order valence-electron chi connectivity index (χ3n) is 12.1. The first-order valence-electron chi connectivity index (χ1n) is 21.0. The van der Waals surface area contributed by atoms with Crippen LogP contribution in [0, 0.1) is 58.2 Å². The van der Waals surface area contributed by atoms with Crippen LogP contribution in [-0.2, 0) is 20.4 Å². The Kier molecular flexibility index (Phi) is 14.9. The van der Waals surface area contributed by atoms with Gasteiger partial charge < -0.3 is 0 Å². The van der Waals surface area contributed by atoms with E-state index < -0.39 is 160 Å². The zero-order valence-corrected chi connectivity index (χ0v) is 39.7. The monoisotopic (exact) mass is 1120 g/mol. The fourth-order valence-electron chi connectivity index (χ4n) is 8.70. The molecule has 0 aromatic heterocycles. The van der Waals surface area contributed by atoms with Gasteiger partial charge in [0, 0.05) is 23.6 Å². The van der Waals surface area contributed by atoms with Gasteiger partial charge in [-0.2, -0.15) is 0 Å². The lowest BCUT2D eigenvalue weighted by Crippen LogP contribution is -2.45. The zero-order valence-electron chi connectivity index (χ0n) is 37.2. The molecular weight excluding hydrogens is 1090 g/mol. The molecule has 0 heterocycles. The second-order valence-corrected chi connectivity index (χ2v) is 19.9. The van der Waals surface area contributed by atoms with E-state index in [9.17, 15) is 35.9 Å². The summed E-state index contributed by atoms with van der Waals surface area (Å²) in [5.41, 5.74) is -15.8. The SMILES string of the molecule is CC(=O)Sc1ccc(-c2ccc(C3(c4c(F)c(F)c(F)c(F)c4F)C(F)=C(F)C(SC4=C(F)C(F)C(c5ccc(-c6ccc(SC(C)=O)cc6)cc5)(c5c(F)c(F)c(F)c(F)c5F)C(F)=C4F)=C(F)C3F)cc2)cc1. The van der Waals surface area contributed by atoms with E-state index in [1.165, 1.54) is 62.4 Å². The highest BCUT2D eigenvalue weighted by Crippen LogP contribution is 2.61. The number of rotatable bonds is 10. The number of thioether (sulfide) groups is 3. The van der Waals surface area contributed by atoms with Gasteiger partial charge in [-0.1, -0.05) is 108 Å². The van der Waals surface area contributed by atoms with Gasteiger partial charge in [0.25, 0.3) is 0 Å². The van der Waals surface area contributed by atoms with Crippen molar-refractivity contribution in [1.82, 2.24) is 0 Å². The summed E-state index contributed by atoms with van der Waals surface area (Å²) in [6.45, 7) is 2.53. The van der Waals surface area contributed by atoms with Gasteiger partial charge in [-0.15, -0.1) is 0 Å². The summed E-state index contributed by atoms with van der Waals surface area (Å²) in [5, 5.41) is -0.607. The van der Waals surface area contributed by atoms with Crippen molar-refractivity contribution in [3.63, 3.8) is 0 Å². The molecule has 0 saturated heterocycles. The van der Waals surface area contributed by atoms with Crippen LogP contribution in [0.15, 0.2) is 152 Å². The van der Waals surface area contributed by atoms with Crippen LogP contribution >= 0.6 is 35.3 Å². The van der Waals surface area contributed by atoms with Crippen LogP contribution < -0.4 is 0 Å². The van der Waals surface area contributed by atoms with Crippen LogP contribution in [0.25, 0.3) is 22.3 Å². The molecule has 75 heavy (non-hydrogen) atoms. The molecule has 0 bridgehead atoms. The smallest absolute Gasteiger partial charge is 0.200 e. The predicted octanol–water partition coefficient (Wildman–Crippen LogP) is 17.1. The van der Waals surface area contributed by atoms with Gasteiger partial charge in [-0.3, -0.25) is 9.59 Å². The molecule has 0 amide bonds. The molecule has 388 valence electrons. The van der Waals surface area contributed by atoms with Crippen molar-refractivity contribution in [3.05, 3.63) is 222 Å². The average molecular weight is 1120 g/mol. The molecule has 4 unspecified atom stereocenters. The topological polar surface area (TPSA) is 34.1 Å². The molecule has 0 spiro atoms. The van der Waals surface area contributed by atoms with Crippen molar-refractivity contribution in [2.75, 3.05) is 0 Å². The molecule has 0 N–H and O–H groups in total. The maximum atomic E-state index is 17.2. The minimum absolute atomic E-state index is 0.0766. The van der Waals surface area contributed by atoms with Gasteiger partial charge in [0.2, 0.25) is 11.6 Å². The Bertz CT molecular complexity index is 3220. The first-order valence-corrected chi connectivity index (χ1v) is 23.5. The third-order valence-corrected chi connectivity index (χ3v) is 14.9. The van der Waals surface area contributed by atoms with Crippen molar-refractivity contribution in [2.45, 2.75) is 46.8 Å². The van der Waals surface area contributed by atoms with Crippen LogP contribution in [0.4, 0.5) is 79.0 Å². The van der Waals surface area contributed by atoms with Crippen LogP contribution in [0.1, 0.15) is 36.1 Å². The van der Waals surface area contributed by atoms with Gasteiger partial charge in [-0.05, 0) is 57.6 Å². The van der Waals surface area contributed by atoms with E-state index >= 15 is 52.7 Å². The lowest BCUT2D eigenvalue weighted by Gasteiger charge is -2.40. The largest absolute Gasteiger partial charge is 0.287 e. The highest BCUT2D eigenvalue weighted by molar-refractivity contribution is 8.13. The number of hydrogen-bond acceptors (Lipinski definition) is 5. The predicted molar refractivity (Wildman–Crippen MR) is 243 cm³/mol. The molecule has 2 aliphatic carbocycles. The molecule has 0 radical (unpaired) electrons. The van der Waals surface area contributed by atoms with E-state index in [2.05, 4.69) is 0 Å². The number of carbonyl (C=O) groups is 2. The van der Waals surface area contributed by atoms with Crippen molar-refractivity contribution in [2.24, 2.45) is 0 Å². The Morgan fingerprint density at radius 1 is 0.373 bits per heavy atom. The third kappa shape index (κ3) is 8.76.